The van der Waals surface area contributed by atoms with Crippen molar-refractivity contribution in [2.75, 3.05) is 6.61 Å². The fraction of sp³-hybridized carbons (Fsp3) is 0.308. The third-order valence-corrected chi connectivity index (χ3v) is 2.91. The van der Waals surface area contributed by atoms with Gasteiger partial charge >= 0.3 is 0 Å². The first-order chi connectivity index (χ1) is 9.74. The van der Waals surface area contributed by atoms with Crippen LogP contribution < -0.4 is 4.74 Å². The van der Waals surface area contributed by atoms with Crippen molar-refractivity contribution in [2.24, 2.45) is 0 Å². The molecule has 0 aliphatic rings. The molecule has 20 heavy (non-hydrogen) atoms. The van der Waals surface area contributed by atoms with Crippen molar-refractivity contribution in [3.63, 3.8) is 0 Å². The number of benzene rings is 1. The number of aliphatic hydroxyl groups is 1. The Morgan fingerprint density at radius 1 is 1.35 bits per heavy atom. The van der Waals surface area contributed by atoms with Gasteiger partial charge in [0.25, 0.3) is 0 Å². The van der Waals surface area contributed by atoms with E-state index in [0.717, 1.165) is 0 Å². The third-order valence-electron chi connectivity index (χ3n) is 2.66. The van der Waals surface area contributed by atoms with Gasteiger partial charge < -0.3 is 9.84 Å². The molecule has 1 N–H and O–H groups in total. The lowest BCUT2D eigenvalue weighted by atomic mass is 10.3. The van der Waals surface area contributed by atoms with E-state index < -0.39 is 0 Å². The van der Waals surface area contributed by atoms with Crippen molar-refractivity contribution < 1.29 is 9.84 Å². The Kier molecular flexibility index (Phi) is 4.93. The number of nitrogens with zero attached hydrogens (tertiary/aromatic N) is 4. The van der Waals surface area contributed by atoms with Crippen LogP contribution in [-0.2, 0) is 13.2 Å². The van der Waals surface area contributed by atoms with Gasteiger partial charge in [-0.3, -0.25) is 0 Å². The van der Waals surface area contributed by atoms with E-state index in [0.29, 0.717) is 29.4 Å². The molecule has 0 saturated heterocycles. The minimum absolute atomic E-state index is 0.0548. The summed E-state index contributed by atoms with van der Waals surface area (Å²) in [5, 5.41) is 26.1. The van der Waals surface area contributed by atoms with E-state index >= 15 is 0 Å². The molecule has 7 heteroatoms. The number of hydrogen-bond acceptors (Lipinski definition) is 5. The monoisotopic (exact) mass is 292 g/mol. The second-order valence-corrected chi connectivity index (χ2v) is 4.48. The summed E-state index contributed by atoms with van der Waals surface area (Å²) in [5.74, 6) is 0.646. The Balaban J connectivity index is 2.09. The van der Waals surface area contributed by atoms with Crippen LogP contribution in [0.5, 0.6) is 5.75 Å². The molecule has 0 saturated carbocycles. The van der Waals surface area contributed by atoms with Crippen molar-refractivity contribution >= 4 is 11.6 Å². The van der Waals surface area contributed by atoms with Gasteiger partial charge in [0, 0.05) is 18.2 Å². The van der Waals surface area contributed by atoms with Gasteiger partial charge in [-0.1, -0.05) is 16.8 Å². The van der Waals surface area contributed by atoms with Crippen molar-refractivity contribution in [1.29, 1.82) is 5.26 Å². The SMILES string of the molecule is N#Cc1nnn(CCCO)c1COc1ccc(Cl)cc1. The molecule has 0 spiro atoms. The van der Waals surface area contributed by atoms with E-state index in [1.165, 1.54) is 0 Å². The van der Waals surface area contributed by atoms with Gasteiger partial charge in [0.2, 0.25) is 0 Å². The molecule has 2 rings (SSSR count). The number of aliphatic hydroxyl groups excluding tert-OH is 1. The standard InChI is InChI=1S/C13H13ClN4O2/c14-10-2-4-11(5-3-10)20-9-13-12(8-15)16-17-18(13)6-1-7-19/h2-5,19H,1,6-7,9H2. The molecule has 1 aromatic heterocycles. The summed E-state index contributed by atoms with van der Waals surface area (Å²) in [6.07, 6.45) is 0.544. The van der Waals surface area contributed by atoms with Crippen LogP contribution in [0.15, 0.2) is 24.3 Å². The van der Waals surface area contributed by atoms with E-state index in [9.17, 15) is 0 Å². The van der Waals surface area contributed by atoms with Crippen LogP contribution in [0.4, 0.5) is 0 Å². The maximum atomic E-state index is 9.00. The second kappa shape index (κ2) is 6.89. The Hall–Kier alpha value is -2.10. The fourth-order valence-electron chi connectivity index (χ4n) is 1.65. The van der Waals surface area contributed by atoms with Crippen LogP contribution in [0.3, 0.4) is 0 Å². The van der Waals surface area contributed by atoms with Gasteiger partial charge in [-0.05, 0) is 30.7 Å². The van der Waals surface area contributed by atoms with Gasteiger partial charge in [-0.25, -0.2) is 4.68 Å². The van der Waals surface area contributed by atoms with Crippen LogP contribution in [0.2, 0.25) is 5.02 Å². The Labute approximate surface area is 121 Å². The molecule has 6 nitrogen and oxygen atoms in total. The molecule has 1 aromatic carbocycles. The van der Waals surface area contributed by atoms with Crippen LogP contribution in [0.1, 0.15) is 17.8 Å². The summed E-state index contributed by atoms with van der Waals surface area (Å²) in [7, 11) is 0. The Morgan fingerprint density at radius 2 is 2.10 bits per heavy atom. The summed E-state index contributed by atoms with van der Waals surface area (Å²) >= 11 is 5.80. The quantitative estimate of drug-likeness (QED) is 0.877. The summed E-state index contributed by atoms with van der Waals surface area (Å²) in [4.78, 5) is 0. The van der Waals surface area contributed by atoms with E-state index in [1.54, 1.807) is 28.9 Å². The number of aromatic nitrogens is 3. The van der Waals surface area contributed by atoms with E-state index in [-0.39, 0.29) is 18.9 Å². The summed E-state index contributed by atoms with van der Waals surface area (Å²) < 4.78 is 7.17. The first kappa shape index (κ1) is 14.3. The zero-order chi connectivity index (χ0) is 14.4. The smallest absolute Gasteiger partial charge is 0.189 e. The number of rotatable bonds is 6. The first-order valence-corrected chi connectivity index (χ1v) is 6.44. The number of ether oxygens (including phenoxy) is 1. The van der Waals surface area contributed by atoms with E-state index in [2.05, 4.69) is 10.3 Å². The maximum Gasteiger partial charge on any atom is 0.189 e. The highest BCUT2D eigenvalue weighted by Crippen LogP contribution is 2.17. The first-order valence-electron chi connectivity index (χ1n) is 6.06. The Morgan fingerprint density at radius 3 is 2.75 bits per heavy atom. The maximum absolute atomic E-state index is 9.00. The van der Waals surface area contributed by atoms with Crippen LogP contribution in [-0.4, -0.2) is 26.7 Å². The van der Waals surface area contributed by atoms with Gasteiger partial charge in [0.05, 0.1) is 0 Å². The molecule has 2 aromatic rings. The molecule has 1 heterocycles. The molecule has 104 valence electrons. The highest BCUT2D eigenvalue weighted by molar-refractivity contribution is 6.30. The molecule has 0 unspecified atom stereocenters. The highest BCUT2D eigenvalue weighted by Gasteiger charge is 2.13. The lowest BCUT2D eigenvalue weighted by molar-refractivity contribution is 0.265. The fourth-order valence-corrected chi connectivity index (χ4v) is 1.77. The largest absolute Gasteiger partial charge is 0.487 e. The number of hydrogen-bond donors (Lipinski definition) is 1. The van der Waals surface area contributed by atoms with Gasteiger partial charge in [-0.2, -0.15) is 5.26 Å². The Bertz CT molecular complexity index is 604. The normalized spacial score (nSPS) is 10.2. The van der Waals surface area contributed by atoms with Gasteiger partial charge in [0.1, 0.15) is 24.1 Å². The summed E-state index contributed by atoms with van der Waals surface area (Å²) in [5.41, 5.74) is 0.827. The van der Waals surface area contributed by atoms with Crippen LogP contribution >= 0.6 is 11.6 Å². The molecular formula is C13H13ClN4O2. The van der Waals surface area contributed by atoms with Gasteiger partial charge in [0.15, 0.2) is 5.69 Å². The predicted molar refractivity (Wildman–Crippen MR) is 72.2 cm³/mol. The van der Waals surface area contributed by atoms with Gasteiger partial charge in [-0.15, -0.1) is 5.10 Å². The molecule has 0 aliphatic carbocycles. The van der Waals surface area contributed by atoms with Crippen LogP contribution in [0.25, 0.3) is 0 Å². The summed E-state index contributed by atoms with van der Waals surface area (Å²) in [6, 6.07) is 8.92. The van der Waals surface area contributed by atoms with Crippen LogP contribution in [0, 0.1) is 11.3 Å². The van der Waals surface area contributed by atoms with E-state index in [1.807, 2.05) is 6.07 Å². The van der Waals surface area contributed by atoms with Crippen molar-refractivity contribution in [3.05, 3.63) is 40.7 Å². The molecule has 0 aliphatic heterocycles. The molecule has 0 fully saturated rings. The highest BCUT2D eigenvalue weighted by atomic mass is 35.5. The molecule has 0 radical (unpaired) electrons. The molecule has 0 amide bonds. The summed E-state index contributed by atoms with van der Waals surface area (Å²) in [6.45, 7) is 0.729. The minimum Gasteiger partial charge on any atom is -0.487 e. The lowest BCUT2D eigenvalue weighted by Gasteiger charge is -2.08. The average molecular weight is 293 g/mol. The van der Waals surface area contributed by atoms with Crippen molar-refractivity contribution in [3.8, 4) is 11.8 Å². The topological polar surface area (TPSA) is 84.0 Å². The number of aryl methyl sites for hydroxylation is 1. The third kappa shape index (κ3) is 3.47. The minimum atomic E-state index is 0.0548. The van der Waals surface area contributed by atoms with E-state index in [4.69, 9.17) is 26.7 Å². The second-order valence-electron chi connectivity index (χ2n) is 4.04. The number of nitriles is 1. The lowest BCUT2D eigenvalue weighted by Crippen LogP contribution is -2.10. The molecule has 0 bridgehead atoms. The zero-order valence-corrected chi connectivity index (χ0v) is 11.4. The average Bonchev–Trinajstić information content (AvgIpc) is 2.86. The molecular weight excluding hydrogens is 280 g/mol. The number of halogens is 1. The molecule has 0 atom stereocenters. The van der Waals surface area contributed by atoms with Crippen molar-refractivity contribution in [2.45, 2.75) is 19.6 Å². The predicted octanol–water partition coefficient (Wildman–Crippen LogP) is 1.76. The zero-order valence-electron chi connectivity index (χ0n) is 10.7. The van der Waals surface area contributed by atoms with Crippen molar-refractivity contribution in [1.82, 2.24) is 15.0 Å².